The van der Waals surface area contributed by atoms with Gasteiger partial charge in [-0.25, -0.2) is 9.97 Å². The number of morpholine rings is 1. The van der Waals surface area contributed by atoms with Crippen molar-refractivity contribution in [3.05, 3.63) is 58.2 Å². The van der Waals surface area contributed by atoms with Crippen LogP contribution in [0, 0.1) is 6.92 Å². The summed E-state index contributed by atoms with van der Waals surface area (Å²) < 4.78 is 5.58. The van der Waals surface area contributed by atoms with Gasteiger partial charge in [-0.3, -0.25) is 4.79 Å². The lowest BCUT2D eigenvalue weighted by Gasteiger charge is -2.34. The Bertz CT molecular complexity index is 893. The smallest absolute Gasteiger partial charge is 0.273 e. The molecule has 1 amide bonds. The van der Waals surface area contributed by atoms with E-state index in [2.05, 4.69) is 9.97 Å². The SMILES string of the molecule is Cc1nc([C@H]2COCCN2C(=O)c2ccc3ccccc3n2)cs1. The van der Waals surface area contributed by atoms with E-state index in [9.17, 15) is 4.79 Å². The number of rotatable bonds is 2. The summed E-state index contributed by atoms with van der Waals surface area (Å²) in [4.78, 5) is 23.9. The zero-order valence-corrected chi connectivity index (χ0v) is 14.1. The van der Waals surface area contributed by atoms with Crippen LogP contribution in [0.2, 0.25) is 0 Å². The second kappa shape index (κ2) is 6.30. The molecule has 1 aliphatic heterocycles. The maximum atomic E-state index is 13.0. The van der Waals surface area contributed by atoms with Crippen LogP contribution in [-0.4, -0.2) is 40.5 Å². The molecular formula is C18H17N3O2S. The molecule has 3 heterocycles. The molecule has 24 heavy (non-hydrogen) atoms. The van der Waals surface area contributed by atoms with Crippen molar-refractivity contribution in [3.63, 3.8) is 0 Å². The minimum Gasteiger partial charge on any atom is -0.377 e. The number of hydrogen-bond acceptors (Lipinski definition) is 5. The molecule has 4 rings (SSSR count). The number of carbonyl (C=O) groups excluding carboxylic acids is 1. The second-order valence-electron chi connectivity index (χ2n) is 5.77. The normalized spacial score (nSPS) is 18.0. The highest BCUT2D eigenvalue weighted by Crippen LogP contribution is 2.27. The number of thiazole rings is 1. The maximum absolute atomic E-state index is 13.0. The first-order valence-electron chi connectivity index (χ1n) is 7.89. The number of benzene rings is 1. The Morgan fingerprint density at radius 3 is 2.96 bits per heavy atom. The van der Waals surface area contributed by atoms with Gasteiger partial charge in [-0.1, -0.05) is 24.3 Å². The molecule has 1 atom stereocenters. The second-order valence-corrected chi connectivity index (χ2v) is 6.83. The summed E-state index contributed by atoms with van der Waals surface area (Å²) in [5.74, 6) is -0.0697. The van der Waals surface area contributed by atoms with Crippen molar-refractivity contribution in [3.8, 4) is 0 Å². The molecule has 0 radical (unpaired) electrons. The number of hydrogen-bond donors (Lipinski definition) is 0. The Balaban J connectivity index is 1.67. The number of para-hydroxylation sites is 1. The van der Waals surface area contributed by atoms with Crippen molar-refractivity contribution in [2.45, 2.75) is 13.0 Å². The summed E-state index contributed by atoms with van der Waals surface area (Å²) in [5.41, 5.74) is 2.19. The van der Waals surface area contributed by atoms with Gasteiger partial charge in [0.25, 0.3) is 5.91 Å². The van der Waals surface area contributed by atoms with E-state index in [1.165, 1.54) is 0 Å². The number of fused-ring (bicyclic) bond motifs is 1. The van der Waals surface area contributed by atoms with E-state index >= 15 is 0 Å². The molecule has 0 saturated carbocycles. The third-order valence-electron chi connectivity index (χ3n) is 4.19. The average molecular weight is 339 g/mol. The zero-order chi connectivity index (χ0) is 16.5. The molecule has 1 aromatic carbocycles. The van der Waals surface area contributed by atoms with Gasteiger partial charge in [-0.15, -0.1) is 11.3 Å². The minimum atomic E-state index is -0.149. The van der Waals surface area contributed by atoms with Gasteiger partial charge in [-0.05, 0) is 19.1 Å². The number of aromatic nitrogens is 2. The van der Waals surface area contributed by atoms with Gasteiger partial charge in [0.05, 0.1) is 35.5 Å². The van der Waals surface area contributed by atoms with Crippen LogP contribution in [0.3, 0.4) is 0 Å². The van der Waals surface area contributed by atoms with E-state index in [-0.39, 0.29) is 11.9 Å². The Labute approximate surface area is 143 Å². The van der Waals surface area contributed by atoms with Gasteiger partial charge in [0.2, 0.25) is 0 Å². The lowest BCUT2D eigenvalue weighted by atomic mass is 10.1. The van der Waals surface area contributed by atoms with E-state index in [1.807, 2.05) is 47.5 Å². The van der Waals surface area contributed by atoms with Crippen molar-refractivity contribution in [2.75, 3.05) is 19.8 Å². The largest absolute Gasteiger partial charge is 0.377 e. The van der Waals surface area contributed by atoms with Gasteiger partial charge >= 0.3 is 0 Å². The summed E-state index contributed by atoms with van der Waals surface area (Å²) >= 11 is 1.59. The topological polar surface area (TPSA) is 55.3 Å². The van der Waals surface area contributed by atoms with Crippen LogP contribution in [-0.2, 0) is 4.74 Å². The summed E-state index contributed by atoms with van der Waals surface area (Å²) in [5, 5.41) is 4.03. The Morgan fingerprint density at radius 2 is 2.12 bits per heavy atom. The van der Waals surface area contributed by atoms with Gasteiger partial charge in [0.1, 0.15) is 5.69 Å². The van der Waals surface area contributed by atoms with Gasteiger partial charge in [0.15, 0.2) is 0 Å². The number of pyridine rings is 1. The van der Waals surface area contributed by atoms with E-state index < -0.39 is 0 Å². The lowest BCUT2D eigenvalue weighted by Crippen LogP contribution is -2.43. The first-order valence-corrected chi connectivity index (χ1v) is 8.77. The van der Waals surface area contributed by atoms with Crippen molar-refractivity contribution >= 4 is 28.1 Å². The van der Waals surface area contributed by atoms with Crippen LogP contribution in [0.1, 0.15) is 27.2 Å². The predicted octanol–water partition coefficient (Wildman–Crippen LogP) is 3.21. The quantitative estimate of drug-likeness (QED) is 0.719. The fourth-order valence-corrected chi connectivity index (χ4v) is 3.62. The standard InChI is InChI=1S/C18H17N3O2S/c1-12-19-16(11-24-12)17-10-23-9-8-21(17)18(22)15-7-6-13-4-2-3-5-14(13)20-15/h2-7,11,17H,8-10H2,1H3/t17-/m1/s1. The molecule has 6 heteroatoms. The molecule has 0 spiro atoms. The highest BCUT2D eigenvalue weighted by Gasteiger charge is 2.31. The molecule has 3 aromatic rings. The molecule has 1 aliphatic rings. The molecule has 0 bridgehead atoms. The Morgan fingerprint density at radius 1 is 1.25 bits per heavy atom. The molecule has 2 aromatic heterocycles. The van der Waals surface area contributed by atoms with Gasteiger partial charge < -0.3 is 9.64 Å². The zero-order valence-electron chi connectivity index (χ0n) is 13.3. The first kappa shape index (κ1) is 15.2. The van der Waals surface area contributed by atoms with E-state index in [1.54, 1.807) is 17.4 Å². The number of ether oxygens (including phenoxy) is 1. The Hall–Kier alpha value is -2.31. The van der Waals surface area contributed by atoms with Gasteiger partial charge in [-0.2, -0.15) is 0 Å². The van der Waals surface area contributed by atoms with Crippen molar-refractivity contribution < 1.29 is 9.53 Å². The van der Waals surface area contributed by atoms with Crippen molar-refractivity contribution in [1.82, 2.24) is 14.9 Å². The van der Waals surface area contributed by atoms with Crippen LogP contribution in [0.15, 0.2) is 41.8 Å². The molecule has 5 nitrogen and oxygen atoms in total. The third-order valence-corrected chi connectivity index (χ3v) is 4.98. The maximum Gasteiger partial charge on any atom is 0.273 e. The highest BCUT2D eigenvalue weighted by molar-refractivity contribution is 7.09. The van der Waals surface area contributed by atoms with Crippen LogP contribution < -0.4 is 0 Å². The Kier molecular flexibility index (Phi) is 4.00. The van der Waals surface area contributed by atoms with Crippen molar-refractivity contribution in [2.24, 2.45) is 0 Å². The number of amides is 1. The fraction of sp³-hybridized carbons (Fsp3) is 0.278. The third kappa shape index (κ3) is 2.79. The minimum absolute atomic E-state index is 0.0697. The van der Waals surface area contributed by atoms with Crippen LogP contribution in [0.4, 0.5) is 0 Å². The van der Waals surface area contributed by atoms with E-state index in [0.29, 0.717) is 25.5 Å². The molecule has 1 saturated heterocycles. The molecule has 0 N–H and O–H groups in total. The average Bonchev–Trinajstić information content (AvgIpc) is 3.07. The lowest BCUT2D eigenvalue weighted by molar-refractivity contribution is -0.00404. The molecule has 0 unspecified atom stereocenters. The molecule has 1 fully saturated rings. The van der Waals surface area contributed by atoms with Crippen molar-refractivity contribution in [1.29, 1.82) is 0 Å². The van der Waals surface area contributed by atoms with Crippen LogP contribution >= 0.6 is 11.3 Å². The summed E-state index contributed by atoms with van der Waals surface area (Å²) in [6.45, 7) is 3.53. The monoisotopic (exact) mass is 339 g/mol. The van der Waals surface area contributed by atoms with E-state index in [0.717, 1.165) is 21.6 Å². The van der Waals surface area contributed by atoms with Crippen LogP contribution in [0.25, 0.3) is 10.9 Å². The molecular weight excluding hydrogens is 322 g/mol. The number of carbonyl (C=O) groups is 1. The summed E-state index contributed by atoms with van der Waals surface area (Å²) in [6, 6.07) is 11.4. The fourth-order valence-electron chi connectivity index (χ4n) is 2.96. The van der Waals surface area contributed by atoms with Crippen LogP contribution in [0.5, 0.6) is 0 Å². The van der Waals surface area contributed by atoms with E-state index in [4.69, 9.17) is 4.74 Å². The number of aryl methyl sites for hydroxylation is 1. The summed E-state index contributed by atoms with van der Waals surface area (Å²) in [6.07, 6.45) is 0. The van der Waals surface area contributed by atoms with Gasteiger partial charge in [0, 0.05) is 17.3 Å². The molecule has 122 valence electrons. The predicted molar refractivity (Wildman–Crippen MR) is 93.2 cm³/mol. The molecule has 0 aliphatic carbocycles. The highest BCUT2D eigenvalue weighted by atomic mass is 32.1. The summed E-state index contributed by atoms with van der Waals surface area (Å²) in [7, 11) is 0. The number of nitrogens with zero attached hydrogens (tertiary/aromatic N) is 3. The first-order chi connectivity index (χ1) is 11.7.